The lowest BCUT2D eigenvalue weighted by Crippen LogP contribution is -2.29. The van der Waals surface area contributed by atoms with Crippen molar-refractivity contribution in [1.82, 2.24) is 14.9 Å². The van der Waals surface area contributed by atoms with Gasteiger partial charge in [-0.2, -0.15) is 0 Å². The van der Waals surface area contributed by atoms with E-state index >= 15 is 0 Å². The number of benzene rings is 2. The molecule has 7 heteroatoms. The van der Waals surface area contributed by atoms with Gasteiger partial charge in [-0.3, -0.25) is 4.79 Å². The fourth-order valence-corrected chi connectivity index (χ4v) is 5.76. The number of amides is 1. The molecule has 4 aromatic rings. The van der Waals surface area contributed by atoms with Crippen molar-refractivity contribution < 1.29 is 9.53 Å². The van der Waals surface area contributed by atoms with E-state index in [2.05, 4.69) is 35.9 Å². The van der Waals surface area contributed by atoms with Gasteiger partial charge in [0.2, 0.25) is 0 Å². The van der Waals surface area contributed by atoms with Crippen LogP contribution in [0.15, 0.2) is 60.0 Å². The molecule has 0 aliphatic heterocycles. The number of thiazole rings is 1. The fraction of sp³-hybridized carbons (Fsp3) is 0.355. The summed E-state index contributed by atoms with van der Waals surface area (Å²) in [6, 6.07) is 17.7. The Bertz CT molecular complexity index is 1360. The first-order chi connectivity index (χ1) is 18.4. The lowest BCUT2D eigenvalue weighted by Gasteiger charge is -2.15. The van der Waals surface area contributed by atoms with Crippen LogP contribution in [0.5, 0.6) is 5.75 Å². The van der Waals surface area contributed by atoms with Crippen molar-refractivity contribution in [3.05, 3.63) is 81.8 Å². The highest BCUT2D eigenvalue weighted by Gasteiger charge is 2.21. The van der Waals surface area contributed by atoms with Gasteiger partial charge in [0.25, 0.3) is 5.91 Å². The van der Waals surface area contributed by atoms with Crippen LogP contribution in [0.3, 0.4) is 0 Å². The second-order valence-corrected chi connectivity index (χ2v) is 10.9. The lowest BCUT2D eigenvalue weighted by molar-refractivity contribution is 0.0945. The SMILES string of the molecule is CCCCC(CC)CNC(=O)c1cc(-c2csc(-c3ccccc3Cl)n2)n(Cc2ccc(OC)cc2)c1C. The number of halogens is 1. The summed E-state index contributed by atoms with van der Waals surface area (Å²) in [7, 11) is 1.66. The van der Waals surface area contributed by atoms with E-state index in [1.54, 1.807) is 18.4 Å². The number of methoxy groups -OCH3 is 1. The molecule has 0 bridgehead atoms. The highest BCUT2D eigenvalue weighted by Crippen LogP contribution is 2.35. The molecule has 200 valence electrons. The molecule has 2 aromatic carbocycles. The predicted molar refractivity (Wildman–Crippen MR) is 158 cm³/mol. The average molecular weight is 550 g/mol. The Morgan fingerprint density at radius 3 is 2.61 bits per heavy atom. The number of nitrogens with zero attached hydrogens (tertiary/aromatic N) is 2. The highest BCUT2D eigenvalue weighted by atomic mass is 35.5. The molecule has 0 aliphatic carbocycles. The van der Waals surface area contributed by atoms with E-state index in [0.29, 0.717) is 29.6 Å². The first kappa shape index (κ1) is 27.9. The molecule has 1 atom stereocenters. The third kappa shape index (κ3) is 6.48. The Morgan fingerprint density at radius 2 is 1.92 bits per heavy atom. The van der Waals surface area contributed by atoms with E-state index in [-0.39, 0.29) is 5.91 Å². The summed E-state index contributed by atoms with van der Waals surface area (Å²) in [4.78, 5) is 18.3. The van der Waals surface area contributed by atoms with Gasteiger partial charge in [-0.05, 0) is 49.1 Å². The normalized spacial score (nSPS) is 11.9. The van der Waals surface area contributed by atoms with E-state index in [1.165, 1.54) is 12.8 Å². The molecule has 0 radical (unpaired) electrons. The maximum atomic E-state index is 13.4. The second kappa shape index (κ2) is 13.1. The summed E-state index contributed by atoms with van der Waals surface area (Å²) in [6.07, 6.45) is 4.56. The van der Waals surface area contributed by atoms with E-state index in [4.69, 9.17) is 21.3 Å². The van der Waals surface area contributed by atoms with E-state index in [0.717, 1.165) is 51.8 Å². The smallest absolute Gasteiger partial charge is 0.253 e. The Balaban J connectivity index is 1.67. The molecule has 38 heavy (non-hydrogen) atoms. The maximum Gasteiger partial charge on any atom is 0.253 e. The molecular formula is C31H36ClN3O2S. The van der Waals surface area contributed by atoms with Gasteiger partial charge in [0.15, 0.2) is 0 Å². The average Bonchev–Trinajstić information content (AvgIpc) is 3.54. The summed E-state index contributed by atoms with van der Waals surface area (Å²) < 4.78 is 7.50. The van der Waals surface area contributed by atoms with Gasteiger partial charge in [0.1, 0.15) is 10.8 Å². The minimum Gasteiger partial charge on any atom is -0.497 e. The number of rotatable bonds is 12. The van der Waals surface area contributed by atoms with Gasteiger partial charge in [-0.15, -0.1) is 11.3 Å². The van der Waals surface area contributed by atoms with Crippen molar-refractivity contribution in [2.24, 2.45) is 5.92 Å². The van der Waals surface area contributed by atoms with E-state index in [1.807, 2.05) is 54.8 Å². The number of ether oxygens (including phenoxy) is 1. The van der Waals surface area contributed by atoms with Crippen molar-refractivity contribution >= 4 is 28.8 Å². The number of unbranched alkanes of at least 4 members (excludes halogenated alkanes) is 1. The molecule has 1 amide bonds. The summed E-state index contributed by atoms with van der Waals surface area (Å²) in [5.41, 5.74) is 5.37. The number of hydrogen-bond acceptors (Lipinski definition) is 4. The zero-order chi connectivity index (χ0) is 27.1. The minimum atomic E-state index is -0.0336. The van der Waals surface area contributed by atoms with Crippen LogP contribution >= 0.6 is 22.9 Å². The van der Waals surface area contributed by atoms with Gasteiger partial charge < -0.3 is 14.6 Å². The van der Waals surface area contributed by atoms with Gasteiger partial charge in [-0.1, -0.05) is 75.0 Å². The molecule has 2 heterocycles. The minimum absolute atomic E-state index is 0.0336. The van der Waals surface area contributed by atoms with Crippen LogP contribution in [-0.4, -0.2) is 29.1 Å². The summed E-state index contributed by atoms with van der Waals surface area (Å²) in [5, 5.41) is 6.77. The van der Waals surface area contributed by atoms with Crippen LogP contribution in [0.1, 0.15) is 61.1 Å². The monoisotopic (exact) mass is 549 g/mol. The van der Waals surface area contributed by atoms with Crippen LogP contribution in [0.4, 0.5) is 0 Å². The van der Waals surface area contributed by atoms with Crippen molar-refractivity contribution in [3.8, 4) is 27.7 Å². The lowest BCUT2D eigenvalue weighted by atomic mass is 9.99. The molecule has 0 saturated carbocycles. The Hall–Kier alpha value is -3.09. The molecule has 5 nitrogen and oxygen atoms in total. The predicted octanol–water partition coefficient (Wildman–Crippen LogP) is 8.24. The van der Waals surface area contributed by atoms with Gasteiger partial charge in [-0.25, -0.2) is 4.98 Å². The molecule has 2 aromatic heterocycles. The number of hydrogen-bond donors (Lipinski definition) is 1. The first-order valence-electron chi connectivity index (χ1n) is 13.3. The zero-order valence-electron chi connectivity index (χ0n) is 22.6. The molecule has 1 N–H and O–H groups in total. The number of carbonyl (C=O) groups excluding carboxylic acids is 1. The Morgan fingerprint density at radius 1 is 1.16 bits per heavy atom. The third-order valence-corrected chi connectivity index (χ3v) is 8.28. The van der Waals surface area contributed by atoms with Crippen molar-refractivity contribution in [1.29, 1.82) is 0 Å². The van der Waals surface area contributed by atoms with Crippen molar-refractivity contribution in [3.63, 3.8) is 0 Å². The van der Waals surface area contributed by atoms with Crippen LogP contribution in [-0.2, 0) is 6.54 Å². The van der Waals surface area contributed by atoms with E-state index < -0.39 is 0 Å². The molecule has 0 aliphatic rings. The van der Waals surface area contributed by atoms with E-state index in [9.17, 15) is 4.79 Å². The maximum absolute atomic E-state index is 13.4. The van der Waals surface area contributed by atoms with Crippen LogP contribution in [0.25, 0.3) is 22.0 Å². The topological polar surface area (TPSA) is 56.2 Å². The first-order valence-corrected chi connectivity index (χ1v) is 14.5. The summed E-state index contributed by atoms with van der Waals surface area (Å²) in [5.74, 6) is 1.28. The quantitative estimate of drug-likeness (QED) is 0.193. The number of nitrogens with one attached hydrogen (secondary N) is 1. The fourth-order valence-electron chi connectivity index (χ4n) is 4.63. The van der Waals surface area contributed by atoms with Gasteiger partial charge in [0, 0.05) is 29.7 Å². The largest absolute Gasteiger partial charge is 0.497 e. The van der Waals surface area contributed by atoms with Crippen molar-refractivity contribution in [2.45, 2.75) is 53.0 Å². The van der Waals surface area contributed by atoms with Gasteiger partial charge >= 0.3 is 0 Å². The molecule has 0 saturated heterocycles. The summed E-state index contributed by atoms with van der Waals surface area (Å²) >= 11 is 8.00. The van der Waals surface area contributed by atoms with Crippen LogP contribution in [0.2, 0.25) is 5.02 Å². The molecular weight excluding hydrogens is 514 g/mol. The molecule has 0 spiro atoms. The molecule has 1 unspecified atom stereocenters. The van der Waals surface area contributed by atoms with Crippen LogP contribution < -0.4 is 10.1 Å². The third-order valence-electron chi connectivity index (χ3n) is 7.08. The van der Waals surface area contributed by atoms with Crippen LogP contribution in [0, 0.1) is 12.8 Å². The van der Waals surface area contributed by atoms with Crippen molar-refractivity contribution in [2.75, 3.05) is 13.7 Å². The Kier molecular flexibility index (Phi) is 9.64. The second-order valence-electron chi connectivity index (χ2n) is 9.61. The highest BCUT2D eigenvalue weighted by molar-refractivity contribution is 7.13. The molecule has 0 fully saturated rings. The number of aromatic nitrogens is 2. The Labute approximate surface area is 234 Å². The summed E-state index contributed by atoms with van der Waals surface area (Å²) in [6.45, 7) is 7.72. The molecule has 4 rings (SSSR count). The van der Waals surface area contributed by atoms with Gasteiger partial charge in [0.05, 0.1) is 29.1 Å². The zero-order valence-corrected chi connectivity index (χ0v) is 24.2. The standard InChI is InChI=1S/C31H36ClN3O2S/c1-5-7-10-22(6-2)18-33-30(36)26-17-29(28-20-38-31(34-28)25-11-8-9-12-27(25)32)35(21(26)3)19-23-13-15-24(37-4)16-14-23/h8-9,11-17,20,22H,5-7,10,18-19H2,1-4H3,(H,33,36). The number of carbonyl (C=O) groups is 1.